The van der Waals surface area contributed by atoms with E-state index in [9.17, 15) is 18.0 Å². The maximum Gasteiger partial charge on any atom is 0.405 e. The zero-order valence-electron chi connectivity index (χ0n) is 11.8. The van der Waals surface area contributed by atoms with Crippen LogP contribution in [-0.4, -0.2) is 28.7 Å². The van der Waals surface area contributed by atoms with E-state index in [1.54, 1.807) is 16.8 Å². The fourth-order valence-electron chi connectivity index (χ4n) is 1.53. The molecule has 0 bridgehead atoms. The maximum atomic E-state index is 12.0. The molecule has 4 nitrogen and oxygen atoms in total. The summed E-state index contributed by atoms with van der Waals surface area (Å²) in [5.74, 6) is -0.657. The lowest BCUT2D eigenvalue weighted by Crippen LogP contribution is -2.37. The summed E-state index contributed by atoms with van der Waals surface area (Å²) in [5.41, 5.74) is 0.773. The number of carbonyl (C=O) groups is 1. The average molecular weight is 291 g/mol. The minimum absolute atomic E-state index is 0.0758. The molecule has 0 radical (unpaired) electrons. The van der Waals surface area contributed by atoms with Crippen molar-refractivity contribution >= 4 is 5.91 Å². The van der Waals surface area contributed by atoms with E-state index in [1.807, 2.05) is 32.2 Å². The molecule has 1 amide bonds. The fourth-order valence-corrected chi connectivity index (χ4v) is 1.53. The molecule has 0 aliphatic heterocycles. The number of hydrogen-bond donors (Lipinski definition) is 2. The minimum atomic E-state index is -4.39. The molecule has 0 unspecified atom stereocenters. The number of rotatable bonds is 5. The van der Waals surface area contributed by atoms with Crippen molar-refractivity contribution in [3.63, 3.8) is 0 Å². The van der Waals surface area contributed by atoms with Gasteiger partial charge in [0.25, 0.3) is 0 Å². The van der Waals surface area contributed by atoms with Crippen LogP contribution in [0.2, 0.25) is 0 Å². The second-order valence-electron chi connectivity index (χ2n) is 5.62. The first-order chi connectivity index (χ1) is 9.07. The zero-order valence-corrected chi connectivity index (χ0v) is 11.8. The van der Waals surface area contributed by atoms with Gasteiger partial charge in [-0.05, 0) is 32.9 Å². The van der Waals surface area contributed by atoms with Gasteiger partial charge in [-0.25, -0.2) is 0 Å². The third-order valence-electron chi connectivity index (χ3n) is 2.52. The number of halogens is 3. The quantitative estimate of drug-likeness (QED) is 0.872. The summed E-state index contributed by atoms with van der Waals surface area (Å²) in [5, 5.41) is 5.12. The van der Waals surface area contributed by atoms with Crippen LogP contribution in [-0.2, 0) is 17.9 Å². The van der Waals surface area contributed by atoms with Gasteiger partial charge in [-0.3, -0.25) is 4.79 Å². The molecule has 1 heterocycles. The summed E-state index contributed by atoms with van der Waals surface area (Å²) in [6.45, 7) is 5.15. The van der Waals surface area contributed by atoms with Gasteiger partial charge in [0, 0.05) is 24.0 Å². The van der Waals surface area contributed by atoms with Gasteiger partial charge in [0.05, 0.1) is 0 Å². The summed E-state index contributed by atoms with van der Waals surface area (Å²) < 4.78 is 37.6. The molecule has 0 saturated carbocycles. The van der Waals surface area contributed by atoms with Crippen molar-refractivity contribution in [2.24, 2.45) is 0 Å². The number of alkyl halides is 3. The van der Waals surface area contributed by atoms with E-state index >= 15 is 0 Å². The van der Waals surface area contributed by atoms with Gasteiger partial charge in [0.1, 0.15) is 13.1 Å². The summed E-state index contributed by atoms with van der Waals surface area (Å²) in [7, 11) is 0. The molecular weight excluding hydrogens is 271 g/mol. The van der Waals surface area contributed by atoms with Crippen LogP contribution in [0.3, 0.4) is 0 Å². The molecule has 1 rings (SSSR count). The van der Waals surface area contributed by atoms with E-state index in [-0.39, 0.29) is 12.1 Å². The largest absolute Gasteiger partial charge is 0.405 e. The Balaban J connectivity index is 2.52. The van der Waals surface area contributed by atoms with E-state index in [0.717, 1.165) is 5.69 Å². The van der Waals surface area contributed by atoms with Crippen molar-refractivity contribution in [2.75, 3.05) is 6.54 Å². The number of carbonyl (C=O) groups excluding carboxylic acids is 1. The minimum Gasteiger partial charge on any atom is -0.345 e. The van der Waals surface area contributed by atoms with Crippen LogP contribution in [0.25, 0.3) is 0 Å². The number of nitrogens with zero attached hydrogens (tertiary/aromatic N) is 1. The van der Waals surface area contributed by atoms with Gasteiger partial charge in [-0.15, -0.1) is 0 Å². The fraction of sp³-hybridized carbons (Fsp3) is 0.615. The normalized spacial score (nSPS) is 12.5. The van der Waals surface area contributed by atoms with Crippen molar-refractivity contribution in [3.8, 4) is 0 Å². The van der Waals surface area contributed by atoms with E-state index < -0.39 is 18.6 Å². The molecule has 114 valence electrons. The van der Waals surface area contributed by atoms with E-state index in [0.29, 0.717) is 6.54 Å². The summed E-state index contributed by atoms with van der Waals surface area (Å²) in [6.07, 6.45) is -2.71. The Kier molecular flexibility index (Phi) is 5.21. The molecule has 0 fully saturated rings. The predicted molar refractivity (Wildman–Crippen MR) is 70.1 cm³/mol. The zero-order chi connectivity index (χ0) is 15.4. The van der Waals surface area contributed by atoms with Crippen molar-refractivity contribution in [1.29, 1.82) is 0 Å². The topological polar surface area (TPSA) is 46.1 Å². The first-order valence-electron chi connectivity index (χ1n) is 6.29. The van der Waals surface area contributed by atoms with E-state index in [4.69, 9.17) is 0 Å². The Bertz CT molecular complexity index is 446. The standard InChI is InChI=1S/C13H20F3N3O/c1-12(2,3)18-7-10-5-4-6-19(10)8-11(20)17-9-13(14,15)16/h4-6,18H,7-9H2,1-3H3,(H,17,20). The molecule has 0 saturated heterocycles. The Labute approximate surface area is 116 Å². The Hall–Kier alpha value is -1.50. The molecule has 0 aliphatic carbocycles. The average Bonchev–Trinajstić information content (AvgIpc) is 2.69. The molecular formula is C13H20F3N3O. The molecule has 7 heteroatoms. The van der Waals surface area contributed by atoms with Crippen molar-refractivity contribution in [1.82, 2.24) is 15.2 Å². The summed E-state index contributed by atoms with van der Waals surface area (Å²) >= 11 is 0. The van der Waals surface area contributed by atoms with Crippen LogP contribution in [0.1, 0.15) is 26.5 Å². The van der Waals surface area contributed by atoms with Gasteiger partial charge in [0.15, 0.2) is 0 Å². The Morgan fingerprint density at radius 2 is 1.95 bits per heavy atom. The third kappa shape index (κ3) is 6.60. The van der Waals surface area contributed by atoms with Crippen molar-refractivity contribution in [2.45, 2.75) is 45.6 Å². The highest BCUT2D eigenvalue weighted by Crippen LogP contribution is 2.12. The number of aromatic nitrogens is 1. The lowest BCUT2D eigenvalue weighted by atomic mass is 10.1. The third-order valence-corrected chi connectivity index (χ3v) is 2.52. The van der Waals surface area contributed by atoms with Gasteiger partial charge >= 0.3 is 6.18 Å². The molecule has 0 aromatic carbocycles. The molecule has 1 aromatic rings. The lowest BCUT2D eigenvalue weighted by Gasteiger charge is -2.21. The highest BCUT2D eigenvalue weighted by atomic mass is 19.4. The van der Waals surface area contributed by atoms with Gasteiger partial charge in [0.2, 0.25) is 5.91 Å². The highest BCUT2D eigenvalue weighted by molar-refractivity contribution is 5.75. The first-order valence-corrected chi connectivity index (χ1v) is 6.29. The monoisotopic (exact) mass is 291 g/mol. The predicted octanol–water partition coefficient (Wildman–Crippen LogP) is 2.05. The second-order valence-corrected chi connectivity index (χ2v) is 5.62. The summed E-state index contributed by atoms with van der Waals surface area (Å²) in [6, 6.07) is 3.59. The van der Waals surface area contributed by atoms with Crippen molar-refractivity contribution in [3.05, 3.63) is 24.0 Å². The summed E-state index contributed by atoms with van der Waals surface area (Å²) in [4.78, 5) is 11.5. The maximum absolute atomic E-state index is 12.0. The Morgan fingerprint density at radius 1 is 1.30 bits per heavy atom. The van der Waals surface area contributed by atoms with Crippen LogP contribution in [0, 0.1) is 0 Å². The number of amides is 1. The van der Waals surface area contributed by atoms with Crippen LogP contribution in [0.5, 0.6) is 0 Å². The SMILES string of the molecule is CC(C)(C)NCc1cccn1CC(=O)NCC(F)(F)F. The Morgan fingerprint density at radius 3 is 2.50 bits per heavy atom. The van der Waals surface area contributed by atoms with E-state index in [1.165, 1.54) is 0 Å². The van der Waals surface area contributed by atoms with Crippen LogP contribution >= 0.6 is 0 Å². The molecule has 1 aromatic heterocycles. The first kappa shape index (κ1) is 16.6. The van der Waals surface area contributed by atoms with Gasteiger partial charge in [-0.2, -0.15) is 13.2 Å². The van der Waals surface area contributed by atoms with Crippen LogP contribution < -0.4 is 10.6 Å². The lowest BCUT2D eigenvalue weighted by molar-refractivity contribution is -0.138. The van der Waals surface area contributed by atoms with Crippen LogP contribution in [0.15, 0.2) is 18.3 Å². The number of hydrogen-bond acceptors (Lipinski definition) is 2. The van der Waals surface area contributed by atoms with Crippen LogP contribution in [0.4, 0.5) is 13.2 Å². The number of nitrogens with one attached hydrogen (secondary N) is 2. The molecule has 20 heavy (non-hydrogen) atoms. The van der Waals surface area contributed by atoms with E-state index in [2.05, 4.69) is 5.32 Å². The molecule has 0 atom stereocenters. The smallest absolute Gasteiger partial charge is 0.345 e. The van der Waals surface area contributed by atoms with Gasteiger partial charge in [-0.1, -0.05) is 0 Å². The molecule has 0 aliphatic rings. The highest BCUT2D eigenvalue weighted by Gasteiger charge is 2.27. The van der Waals surface area contributed by atoms with Crippen molar-refractivity contribution < 1.29 is 18.0 Å². The second kappa shape index (κ2) is 6.30. The molecule has 0 spiro atoms. The molecule has 2 N–H and O–H groups in total. The van der Waals surface area contributed by atoms with Gasteiger partial charge < -0.3 is 15.2 Å².